The Labute approximate surface area is 102 Å². The summed E-state index contributed by atoms with van der Waals surface area (Å²) in [5.74, 6) is 7.27. The predicted octanol–water partition coefficient (Wildman–Crippen LogP) is 0.704. The van der Waals surface area contributed by atoms with Gasteiger partial charge in [-0.3, -0.25) is 11.3 Å². The molecule has 0 aliphatic carbocycles. The fraction of sp³-hybridized carbons (Fsp3) is 0.750. The monoisotopic (exact) mass is 238 g/mol. The lowest BCUT2D eigenvalue weighted by atomic mass is 9.96. The van der Waals surface area contributed by atoms with Crippen molar-refractivity contribution >= 4 is 0 Å². The van der Waals surface area contributed by atoms with Crippen LogP contribution >= 0.6 is 0 Å². The first-order valence-corrected chi connectivity index (χ1v) is 6.39. The van der Waals surface area contributed by atoms with E-state index in [4.69, 9.17) is 10.6 Å². The smallest absolute Gasteiger partial charge is 0.110 e. The van der Waals surface area contributed by atoms with E-state index in [2.05, 4.69) is 21.9 Å². The molecule has 1 aromatic rings. The first-order chi connectivity index (χ1) is 8.35. The van der Waals surface area contributed by atoms with Crippen LogP contribution in [0.4, 0.5) is 0 Å². The quantitative estimate of drug-likeness (QED) is 0.566. The lowest BCUT2D eigenvalue weighted by molar-refractivity contribution is 0.176. The number of aryl methyl sites for hydroxylation is 1. The lowest BCUT2D eigenvalue weighted by Crippen LogP contribution is -2.43. The van der Waals surface area contributed by atoms with Crippen LogP contribution < -0.4 is 11.3 Å². The highest BCUT2D eigenvalue weighted by atomic mass is 16.5. The molecule has 3 N–H and O–H groups in total. The molecule has 0 saturated carbocycles. The molecule has 1 saturated heterocycles. The second-order valence-electron chi connectivity index (χ2n) is 4.64. The second kappa shape index (κ2) is 6.14. The number of imidazole rings is 1. The van der Waals surface area contributed by atoms with Gasteiger partial charge in [-0.05, 0) is 12.8 Å². The summed E-state index contributed by atoms with van der Waals surface area (Å²) in [6, 6.07) is 0.260. The molecule has 17 heavy (non-hydrogen) atoms. The topological polar surface area (TPSA) is 65.1 Å². The summed E-state index contributed by atoms with van der Waals surface area (Å²) < 4.78 is 7.62. The molecule has 0 aromatic carbocycles. The molecule has 2 rings (SSSR count). The Morgan fingerprint density at radius 2 is 2.59 bits per heavy atom. The standard InChI is InChI=1S/C12H22N4O/c1-2-5-16-6-4-14-12(16)8-11(15-13)10-3-7-17-9-10/h4,6,10-11,15H,2-3,5,7-9,13H2,1H3. The van der Waals surface area contributed by atoms with Gasteiger partial charge in [0.15, 0.2) is 0 Å². The summed E-state index contributed by atoms with van der Waals surface area (Å²) in [5, 5.41) is 0. The largest absolute Gasteiger partial charge is 0.381 e. The SMILES string of the molecule is CCCn1ccnc1CC(NN)C1CCOC1. The van der Waals surface area contributed by atoms with Crippen LogP contribution in [-0.2, 0) is 17.7 Å². The van der Waals surface area contributed by atoms with Gasteiger partial charge in [-0.25, -0.2) is 4.98 Å². The van der Waals surface area contributed by atoms with Crippen molar-refractivity contribution in [2.24, 2.45) is 11.8 Å². The van der Waals surface area contributed by atoms with Crippen molar-refractivity contribution in [3.63, 3.8) is 0 Å². The third-order valence-electron chi connectivity index (χ3n) is 3.42. The molecule has 5 heteroatoms. The fourth-order valence-corrected chi connectivity index (χ4v) is 2.40. The summed E-state index contributed by atoms with van der Waals surface area (Å²) in [6.45, 7) is 4.86. The molecule has 2 atom stereocenters. The van der Waals surface area contributed by atoms with E-state index in [9.17, 15) is 0 Å². The van der Waals surface area contributed by atoms with Gasteiger partial charge in [0, 0.05) is 43.9 Å². The minimum atomic E-state index is 0.260. The number of hydrogen-bond donors (Lipinski definition) is 2. The van der Waals surface area contributed by atoms with Crippen LogP contribution in [0.2, 0.25) is 0 Å². The van der Waals surface area contributed by atoms with Crippen LogP contribution in [0.15, 0.2) is 12.4 Å². The lowest BCUT2D eigenvalue weighted by Gasteiger charge is -2.21. The maximum atomic E-state index is 5.65. The van der Waals surface area contributed by atoms with Gasteiger partial charge >= 0.3 is 0 Å². The molecule has 0 bridgehead atoms. The van der Waals surface area contributed by atoms with E-state index in [0.717, 1.165) is 44.8 Å². The molecule has 0 spiro atoms. The molecule has 96 valence electrons. The van der Waals surface area contributed by atoms with E-state index in [1.165, 1.54) is 0 Å². The van der Waals surface area contributed by atoms with Crippen molar-refractivity contribution in [1.82, 2.24) is 15.0 Å². The van der Waals surface area contributed by atoms with Gasteiger partial charge in [-0.2, -0.15) is 0 Å². The van der Waals surface area contributed by atoms with E-state index >= 15 is 0 Å². The van der Waals surface area contributed by atoms with Crippen molar-refractivity contribution in [2.75, 3.05) is 13.2 Å². The zero-order chi connectivity index (χ0) is 12.1. The van der Waals surface area contributed by atoms with E-state index in [1.807, 2.05) is 12.4 Å². The number of nitrogens with one attached hydrogen (secondary N) is 1. The van der Waals surface area contributed by atoms with Gasteiger partial charge in [0.1, 0.15) is 5.82 Å². The van der Waals surface area contributed by atoms with Crippen LogP contribution in [0.1, 0.15) is 25.6 Å². The average Bonchev–Trinajstić information content (AvgIpc) is 2.97. The van der Waals surface area contributed by atoms with E-state index in [0.29, 0.717) is 5.92 Å². The van der Waals surface area contributed by atoms with Gasteiger partial charge in [0.25, 0.3) is 0 Å². The van der Waals surface area contributed by atoms with Gasteiger partial charge in [0.05, 0.1) is 6.61 Å². The minimum absolute atomic E-state index is 0.260. The van der Waals surface area contributed by atoms with Crippen LogP contribution in [0, 0.1) is 5.92 Å². The first kappa shape index (κ1) is 12.5. The predicted molar refractivity (Wildman–Crippen MR) is 66.3 cm³/mol. The van der Waals surface area contributed by atoms with Crippen LogP contribution in [0.3, 0.4) is 0 Å². The number of ether oxygens (including phenoxy) is 1. The fourth-order valence-electron chi connectivity index (χ4n) is 2.40. The third kappa shape index (κ3) is 3.06. The van der Waals surface area contributed by atoms with Gasteiger partial charge in [-0.1, -0.05) is 6.92 Å². The third-order valence-corrected chi connectivity index (χ3v) is 3.42. The van der Waals surface area contributed by atoms with Crippen molar-refractivity contribution in [1.29, 1.82) is 0 Å². The van der Waals surface area contributed by atoms with E-state index in [-0.39, 0.29) is 6.04 Å². The minimum Gasteiger partial charge on any atom is -0.381 e. The van der Waals surface area contributed by atoms with Gasteiger partial charge < -0.3 is 9.30 Å². The van der Waals surface area contributed by atoms with Crippen molar-refractivity contribution in [3.05, 3.63) is 18.2 Å². The van der Waals surface area contributed by atoms with Crippen molar-refractivity contribution in [2.45, 2.75) is 38.8 Å². The Bertz CT molecular complexity index is 333. The number of hydrazine groups is 1. The molecule has 1 aliphatic heterocycles. The summed E-state index contributed by atoms with van der Waals surface area (Å²) in [5.41, 5.74) is 2.92. The average molecular weight is 238 g/mol. The maximum Gasteiger partial charge on any atom is 0.110 e. The highest BCUT2D eigenvalue weighted by Crippen LogP contribution is 2.19. The summed E-state index contributed by atoms with van der Waals surface area (Å²) >= 11 is 0. The number of nitrogens with zero attached hydrogens (tertiary/aromatic N) is 2. The van der Waals surface area contributed by atoms with Crippen LogP contribution in [0.5, 0.6) is 0 Å². The molecule has 0 amide bonds. The van der Waals surface area contributed by atoms with Gasteiger partial charge in [0.2, 0.25) is 0 Å². The van der Waals surface area contributed by atoms with E-state index < -0.39 is 0 Å². The van der Waals surface area contributed by atoms with Gasteiger partial charge in [-0.15, -0.1) is 0 Å². The van der Waals surface area contributed by atoms with Crippen LogP contribution in [0.25, 0.3) is 0 Å². The number of rotatable bonds is 6. The zero-order valence-electron chi connectivity index (χ0n) is 10.4. The summed E-state index contributed by atoms with van der Waals surface area (Å²) in [6.07, 6.45) is 6.98. The van der Waals surface area contributed by atoms with Crippen molar-refractivity contribution < 1.29 is 4.74 Å². The molecule has 1 fully saturated rings. The maximum absolute atomic E-state index is 5.65. The van der Waals surface area contributed by atoms with E-state index in [1.54, 1.807) is 0 Å². The Hall–Kier alpha value is -0.910. The first-order valence-electron chi connectivity index (χ1n) is 6.39. The molecule has 2 heterocycles. The number of nitrogens with two attached hydrogens (primary N) is 1. The molecule has 5 nitrogen and oxygen atoms in total. The zero-order valence-corrected chi connectivity index (χ0v) is 10.4. The molecule has 0 radical (unpaired) electrons. The Morgan fingerprint density at radius 3 is 3.24 bits per heavy atom. The molecular weight excluding hydrogens is 216 g/mol. The number of aromatic nitrogens is 2. The molecule has 1 aliphatic rings. The molecule has 1 aromatic heterocycles. The summed E-state index contributed by atoms with van der Waals surface area (Å²) in [7, 11) is 0. The number of hydrogen-bond acceptors (Lipinski definition) is 4. The van der Waals surface area contributed by atoms with Crippen LogP contribution in [-0.4, -0.2) is 28.8 Å². The highest BCUT2D eigenvalue weighted by molar-refractivity contribution is 4.97. The Kier molecular flexibility index (Phi) is 4.53. The second-order valence-corrected chi connectivity index (χ2v) is 4.64. The van der Waals surface area contributed by atoms with Crippen molar-refractivity contribution in [3.8, 4) is 0 Å². The Balaban J connectivity index is 1.99. The summed E-state index contributed by atoms with van der Waals surface area (Å²) in [4.78, 5) is 4.42. The highest BCUT2D eigenvalue weighted by Gasteiger charge is 2.26. The molecule has 2 unspecified atom stereocenters. The normalized spacial score (nSPS) is 21.9. The molecular formula is C12H22N4O. The Morgan fingerprint density at radius 1 is 1.71 bits per heavy atom.